The molecular formula is C12H21N3O2. The monoisotopic (exact) mass is 239 g/mol. The van der Waals surface area contributed by atoms with Crippen molar-refractivity contribution in [3.05, 3.63) is 0 Å². The third-order valence-electron chi connectivity index (χ3n) is 3.65. The van der Waals surface area contributed by atoms with Gasteiger partial charge in [0.25, 0.3) is 0 Å². The van der Waals surface area contributed by atoms with E-state index in [1.165, 1.54) is 0 Å². The fourth-order valence-electron chi connectivity index (χ4n) is 2.55. The van der Waals surface area contributed by atoms with E-state index in [1.54, 1.807) is 11.8 Å². The lowest BCUT2D eigenvalue weighted by molar-refractivity contribution is -0.128. The number of rotatable bonds is 2. The summed E-state index contributed by atoms with van der Waals surface area (Å²) in [5, 5.41) is 6.36. The van der Waals surface area contributed by atoms with E-state index in [9.17, 15) is 9.59 Å². The lowest BCUT2D eigenvalue weighted by Crippen LogP contribution is -2.47. The second kappa shape index (κ2) is 5.49. The molecule has 2 atom stereocenters. The average molecular weight is 239 g/mol. The molecule has 2 heterocycles. The van der Waals surface area contributed by atoms with Crippen LogP contribution in [0.3, 0.4) is 0 Å². The quantitative estimate of drug-likeness (QED) is 0.697. The molecule has 0 spiro atoms. The molecule has 17 heavy (non-hydrogen) atoms. The van der Waals surface area contributed by atoms with Crippen LogP contribution in [0.15, 0.2) is 0 Å². The van der Waals surface area contributed by atoms with Gasteiger partial charge in [0.15, 0.2) is 0 Å². The maximum absolute atomic E-state index is 12.0. The Morgan fingerprint density at radius 3 is 2.76 bits per heavy atom. The van der Waals surface area contributed by atoms with E-state index in [1.807, 2.05) is 0 Å². The summed E-state index contributed by atoms with van der Waals surface area (Å²) in [7, 11) is 0. The Balaban J connectivity index is 1.78. The van der Waals surface area contributed by atoms with Crippen molar-refractivity contribution >= 4 is 11.8 Å². The summed E-state index contributed by atoms with van der Waals surface area (Å²) < 4.78 is 0. The second-order valence-electron chi connectivity index (χ2n) is 5.00. The van der Waals surface area contributed by atoms with Crippen LogP contribution in [0.2, 0.25) is 0 Å². The highest BCUT2D eigenvalue weighted by atomic mass is 16.2. The third-order valence-corrected chi connectivity index (χ3v) is 3.65. The Morgan fingerprint density at radius 2 is 2.18 bits per heavy atom. The van der Waals surface area contributed by atoms with Crippen LogP contribution in [0.1, 0.15) is 26.2 Å². The van der Waals surface area contributed by atoms with Crippen molar-refractivity contribution in [1.82, 2.24) is 15.5 Å². The van der Waals surface area contributed by atoms with Gasteiger partial charge in [0, 0.05) is 32.6 Å². The number of nitrogens with zero attached hydrogens (tertiary/aromatic N) is 1. The molecule has 0 aliphatic carbocycles. The van der Waals surface area contributed by atoms with Crippen LogP contribution in [-0.4, -0.2) is 48.9 Å². The summed E-state index contributed by atoms with van der Waals surface area (Å²) in [6.45, 7) is 4.78. The van der Waals surface area contributed by atoms with Crippen molar-refractivity contribution in [3.8, 4) is 0 Å². The number of carbonyl (C=O) groups excluding carboxylic acids is 2. The molecule has 2 amide bonds. The molecule has 1 unspecified atom stereocenters. The molecule has 0 aromatic heterocycles. The molecule has 2 saturated heterocycles. The van der Waals surface area contributed by atoms with Crippen molar-refractivity contribution < 1.29 is 9.59 Å². The lowest BCUT2D eigenvalue weighted by Gasteiger charge is -2.25. The average Bonchev–Trinajstić information content (AvgIpc) is 2.79. The van der Waals surface area contributed by atoms with Crippen LogP contribution in [0.4, 0.5) is 0 Å². The van der Waals surface area contributed by atoms with Crippen LogP contribution < -0.4 is 10.6 Å². The van der Waals surface area contributed by atoms with Crippen molar-refractivity contribution in [3.63, 3.8) is 0 Å². The number of piperidine rings is 1. The van der Waals surface area contributed by atoms with Gasteiger partial charge in [-0.25, -0.2) is 0 Å². The second-order valence-corrected chi connectivity index (χ2v) is 5.00. The van der Waals surface area contributed by atoms with Crippen LogP contribution in [-0.2, 0) is 9.59 Å². The predicted octanol–water partition coefficient (Wildman–Crippen LogP) is -0.277. The third kappa shape index (κ3) is 3.19. The van der Waals surface area contributed by atoms with Crippen molar-refractivity contribution in [2.45, 2.75) is 32.2 Å². The van der Waals surface area contributed by atoms with Crippen molar-refractivity contribution in [2.24, 2.45) is 5.92 Å². The first-order valence-corrected chi connectivity index (χ1v) is 6.43. The smallest absolute Gasteiger partial charge is 0.225 e. The Labute approximate surface area is 102 Å². The summed E-state index contributed by atoms with van der Waals surface area (Å²) in [4.78, 5) is 24.9. The normalized spacial score (nSPS) is 29.1. The Morgan fingerprint density at radius 1 is 1.35 bits per heavy atom. The first-order chi connectivity index (χ1) is 8.16. The van der Waals surface area contributed by atoms with E-state index < -0.39 is 0 Å². The Bertz CT molecular complexity index is 300. The van der Waals surface area contributed by atoms with Crippen LogP contribution >= 0.6 is 0 Å². The molecule has 0 saturated carbocycles. The van der Waals surface area contributed by atoms with E-state index in [-0.39, 0.29) is 23.8 Å². The standard InChI is InChI=1S/C12H21N3O2/c1-9(16)15-6-4-10(8-15)12(17)14-11-3-2-5-13-7-11/h10-11,13H,2-8H2,1H3,(H,14,17)/t10?,11-/m0/s1. The molecule has 2 aliphatic rings. The highest BCUT2D eigenvalue weighted by molar-refractivity contribution is 5.81. The van der Waals surface area contributed by atoms with Crippen molar-refractivity contribution in [1.29, 1.82) is 0 Å². The maximum Gasteiger partial charge on any atom is 0.225 e. The zero-order valence-electron chi connectivity index (χ0n) is 10.4. The van der Waals surface area contributed by atoms with Gasteiger partial charge in [-0.15, -0.1) is 0 Å². The molecule has 5 nitrogen and oxygen atoms in total. The molecule has 2 N–H and O–H groups in total. The van der Waals surface area contributed by atoms with E-state index >= 15 is 0 Å². The summed E-state index contributed by atoms with van der Waals surface area (Å²) in [6.07, 6.45) is 2.97. The largest absolute Gasteiger partial charge is 0.352 e. The number of amides is 2. The van der Waals surface area contributed by atoms with Gasteiger partial charge >= 0.3 is 0 Å². The Hall–Kier alpha value is -1.10. The van der Waals surface area contributed by atoms with E-state index in [0.717, 1.165) is 38.9 Å². The number of nitrogens with one attached hydrogen (secondary N) is 2. The summed E-state index contributed by atoms with van der Waals surface area (Å²) in [6, 6.07) is 0.266. The van der Waals surface area contributed by atoms with Gasteiger partial charge in [-0.1, -0.05) is 0 Å². The lowest BCUT2D eigenvalue weighted by atomic mass is 10.0. The molecule has 0 aromatic carbocycles. The molecule has 0 aromatic rings. The van der Waals surface area contributed by atoms with E-state index in [2.05, 4.69) is 10.6 Å². The van der Waals surface area contributed by atoms with Gasteiger partial charge in [-0.05, 0) is 25.8 Å². The van der Waals surface area contributed by atoms with Crippen LogP contribution in [0.5, 0.6) is 0 Å². The molecule has 5 heteroatoms. The molecule has 0 radical (unpaired) electrons. The van der Waals surface area contributed by atoms with Gasteiger partial charge < -0.3 is 15.5 Å². The van der Waals surface area contributed by atoms with E-state index in [0.29, 0.717) is 6.54 Å². The molecule has 0 bridgehead atoms. The number of hydrogen-bond donors (Lipinski definition) is 2. The molecular weight excluding hydrogens is 218 g/mol. The summed E-state index contributed by atoms with van der Waals surface area (Å²) in [5.41, 5.74) is 0. The first kappa shape index (κ1) is 12.4. The number of carbonyl (C=O) groups is 2. The number of hydrogen-bond acceptors (Lipinski definition) is 3. The van der Waals surface area contributed by atoms with Gasteiger partial charge in [-0.3, -0.25) is 9.59 Å². The highest BCUT2D eigenvalue weighted by Gasteiger charge is 2.30. The molecule has 96 valence electrons. The molecule has 2 fully saturated rings. The SMILES string of the molecule is CC(=O)N1CCC(C(=O)N[C@H]2CCCNC2)C1. The van der Waals surface area contributed by atoms with Gasteiger partial charge in [0.1, 0.15) is 0 Å². The highest BCUT2D eigenvalue weighted by Crippen LogP contribution is 2.17. The first-order valence-electron chi connectivity index (χ1n) is 6.43. The Kier molecular flexibility index (Phi) is 3.99. The van der Waals surface area contributed by atoms with E-state index in [4.69, 9.17) is 0 Å². The van der Waals surface area contributed by atoms with Gasteiger partial charge in [0.2, 0.25) is 11.8 Å². The minimum absolute atomic E-state index is 0.0131. The zero-order chi connectivity index (χ0) is 12.3. The maximum atomic E-state index is 12.0. The zero-order valence-corrected chi connectivity index (χ0v) is 10.4. The van der Waals surface area contributed by atoms with Crippen LogP contribution in [0, 0.1) is 5.92 Å². The van der Waals surface area contributed by atoms with Crippen LogP contribution in [0.25, 0.3) is 0 Å². The summed E-state index contributed by atoms with van der Waals surface area (Å²) in [5.74, 6) is 0.169. The molecule has 2 aliphatic heterocycles. The van der Waals surface area contributed by atoms with Crippen molar-refractivity contribution in [2.75, 3.05) is 26.2 Å². The summed E-state index contributed by atoms with van der Waals surface area (Å²) >= 11 is 0. The minimum atomic E-state index is -0.0131. The fourth-order valence-corrected chi connectivity index (χ4v) is 2.55. The minimum Gasteiger partial charge on any atom is -0.352 e. The predicted molar refractivity (Wildman–Crippen MR) is 64.4 cm³/mol. The topological polar surface area (TPSA) is 61.4 Å². The number of likely N-dealkylation sites (tertiary alicyclic amines) is 1. The molecule has 2 rings (SSSR count). The fraction of sp³-hybridized carbons (Fsp3) is 0.833. The van der Waals surface area contributed by atoms with Gasteiger partial charge in [-0.2, -0.15) is 0 Å². The van der Waals surface area contributed by atoms with Gasteiger partial charge in [0.05, 0.1) is 5.92 Å².